The number of nitrogens with one attached hydrogen (secondary N) is 1. The van der Waals surface area contributed by atoms with Crippen LogP contribution in [0.1, 0.15) is 54.3 Å². The van der Waals surface area contributed by atoms with Crippen LogP contribution in [-0.4, -0.2) is 34.8 Å². The second-order valence-corrected chi connectivity index (χ2v) is 9.62. The SMILES string of the molecule is COc1ccccc1CN(C(=O)Cc1cccs1)[C@H](C(=O)NC1CCCCC1)c1ccccn1. The van der Waals surface area contributed by atoms with Crippen LogP contribution >= 0.6 is 11.3 Å². The van der Waals surface area contributed by atoms with Crippen molar-refractivity contribution >= 4 is 23.2 Å². The molecule has 34 heavy (non-hydrogen) atoms. The Kier molecular flexibility index (Phi) is 8.31. The molecule has 0 aliphatic heterocycles. The highest BCUT2D eigenvalue weighted by molar-refractivity contribution is 7.10. The Morgan fingerprint density at radius 1 is 1.09 bits per heavy atom. The van der Waals surface area contributed by atoms with Crippen LogP contribution in [0, 0.1) is 0 Å². The van der Waals surface area contributed by atoms with Crippen molar-refractivity contribution in [2.45, 2.75) is 57.2 Å². The molecule has 1 N–H and O–H groups in total. The number of hydrogen-bond acceptors (Lipinski definition) is 5. The molecule has 0 spiro atoms. The van der Waals surface area contributed by atoms with Crippen LogP contribution in [0.25, 0.3) is 0 Å². The summed E-state index contributed by atoms with van der Waals surface area (Å²) in [7, 11) is 1.61. The lowest BCUT2D eigenvalue weighted by atomic mass is 9.95. The van der Waals surface area contributed by atoms with Gasteiger partial charge in [-0.1, -0.05) is 49.6 Å². The maximum Gasteiger partial charge on any atom is 0.249 e. The van der Waals surface area contributed by atoms with E-state index >= 15 is 0 Å². The van der Waals surface area contributed by atoms with Crippen molar-refractivity contribution in [3.8, 4) is 5.75 Å². The van der Waals surface area contributed by atoms with E-state index in [1.165, 1.54) is 17.8 Å². The minimum absolute atomic E-state index is 0.122. The van der Waals surface area contributed by atoms with Gasteiger partial charge in [0.25, 0.3) is 0 Å². The van der Waals surface area contributed by atoms with Gasteiger partial charge < -0.3 is 15.0 Å². The molecular weight excluding hydrogens is 446 g/mol. The molecule has 1 atom stereocenters. The molecule has 4 rings (SSSR count). The first-order valence-corrected chi connectivity index (χ1v) is 12.7. The molecule has 0 saturated heterocycles. The highest BCUT2D eigenvalue weighted by Gasteiger charge is 2.34. The number of para-hydroxylation sites is 1. The molecule has 1 aliphatic carbocycles. The van der Waals surface area contributed by atoms with Gasteiger partial charge in [0, 0.05) is 22.7 Å². The molecule has 6 nitrogen and oxygen atoms in total. The van der Waals surface area contributed by atoms with E-state index in [2.05, 4.69) is 10.3 Å². The molecule has 1 aromatic carbocycles. The number of rotatable bonds is 9. The second-order valence-electron chi connectivity index (χ2n) is 8.59. The lowest BCUT2D eigenvalue weighted by Crippen LogP contribution is -2.47. The van der Waals surface area contributed by atoms with Gasteiger partial charge in [-0.2, -0.15) is 0 Å². The maximum absolute atomic E-state index is 13.7. The summed E-state index contributed by atoms with van der Waals surface area (Å²) in [4.78, 5) is 34.5. The summed E-state index contributed by atoms with van der Waals surface area (Å²) in [6.45, 7) is 0.244. The first-order valence-electron chi connectivity index (χ1n) is 11.8. The third-order valence-electron chi connectivity index (χ3n) is 6.24. The molecule has 2 heterocycles. The minimum atomic E-state index is -0.833. The van der Waals surface area contributed by atoms with Crippen LogP contribution in [0.4, 0.5) is 0 Å². The predicted molar refractivity (Wildman–Crippen MR) is 134 cm³/mol. The van der Waals surface area contributed by atoms with Crippen molar-refractivity contribution in [2.75, 3.05) is 7.11 Å². The van der Waals surface area contributed by atoms with E-state index in [1.807, 2.05) is 60.0 Å². The Bertz CT molecular complexity index is 1070. The highest BCUT2D eigenvalue weighted by atomic mass is 32.1. The number of hydrogen-bond donors (Lipinski definition) is 1. The fourth-order valence-electron chi connectivity index (χ4n) is 4.50. The van der Waals surface area contributed by atoms with Crippen LogP contribution in [-0.2, 0) is 22.6 Å². The van der Waals surface area contributed by atoms with E-state index in [1.54, 1.807) is 18.2 Å². The molecule has 178 valence electrons. The largest absolute Gasteiger partial charge is 0.496 e. The van der Waals surface area contributed by atoms with Crippen molar-refractivity contribution in [1.29, 1.82) is 0 Å². The molecule has 0 bridgehead atoms. The molecule has 0 unspecified atom stereocenters. The Morgan fingerprint density at radius 3 is 2.59 bits per heavy atom. The molecule has 1 aliphatic rings. The second kappa shape index (κ2) is 11.8. The highest BCUT2D eigenvalue weighted by Crippen LogP contribution is 2.28. The van der Waals surface area contributed by atoms with Crippen molar-refractivity contribution in [2.24, 2.45) is 0 Å². The maximum atomic E-state index is 13.7. The number of aromatic nitrogens is 1. The standard InChI is InChI=1S/C27H31N3O3S/c1-33-24-15-6-5-10-20(24)19-30(25(31)18-22-13-9-17-34-22)26(23-14-7-8-16-28-23)27(32)29-21-11-3-2-4-12-21/h5-10,13-17,21,26H,2-4,11-12,18-19H2,1H3,(H,29,32)/t26-/m0/s1. The van der Waals surface area contributed by atoms with Crippen LogP contribution in [0.2, 0.25) is 0 Å². The summed E-state index contributed by atoms with van der Waals surface area (Å²) in [5.74, 6) is 0.381. The summed E-state index contributed by atoms with van der Waals surface area (Å²) in [6.07, 6.45) is 7.26. The number of nitrogens with zero attached hydrogens (tertiary/aromatic N) is 2. The van der Waals surface area contributed by atoms with Gasteiger partial charge in [0.1, 0.15) is 5.75 Å². The van der Waals surface area contributed by atoms with Gasteiger partial charge in [0.15, 0.2) is 6.04 Å². The molecule has 0 radical (unpaired) electrons. The van der Waals surface area contributed by atoms with Gasteiger partial charge in [-0.15, -0.1) is 11.3 Å². The fourth-order valence-corrected chi connectivity index (χ4v) is 5.20. The average molecular weight is 478 g/mol. The molecule has 2 aromatic heterocycles. The topological polar surface area (TPSA) is 71.5 Å². The monoisotopic (exact) mass is 477 g/mol. The van der Waals surface area contributed by atoms with Crippen molar-refractivity contribution in [1.82, 2.24) is 15.2 Å². The molecule has 7 heteroatoms. The zero-order chi connectivity index (χ0) is 23.8. The van der Waals surface area contributed by atoms with E-state index in [4.69, 9.17) is 4.74 Å². The van der Waals surface area contributed by atoms with Crippen LogP contribution in [0.5, 0.6) is 5.75 Å². The summed E-state index contributed by atoms with van der Waals surface area (Å²) in [6, 6.07) is 16.3. The Hall–Kier alpha value is -3.19. The number of benzene rings is 1. The van der Waals surface area contributed by atoms with E-state index in [-0.39, 0.29) is 30.8 Å². The van der Waals surface area contributed by atoms with Gasteiger partial charge in [-0.25, -0.2) is 0 Å². The van der Waals surface area contributed by atoms with Crippen molar-refractivity contribution < 1.29 is 14.3 Å². The minimum Gasteiger partial charge on any atom is -0.496 e. The van der Waals surface area contributed by atoms with Gasteiger partial charge in [0.05, 0.1) is 25.8 Å². The van der Waals surface area contributed by atoms with Gasteiger partial charge >= 0.3 is 0 Å². The first-order chi connectivity index (χ1) is 16.7. The van der Waals surface area contributed by atoms with E-state index in [9.17, 15) is 9.59 Å². The number of pyridine rings is 1. The number of carbonyl (C=O) groups is 2. The number of amides is 2. The smallest absolute Gasteiger partial charge is 0.249 e. The summed E-state index contributed by atoms with van der Waals surface area (Å²) in [5.41, 5.74) is 1.40. The first kappa shape index (κ1) is 24.0. The third-order valence-corrected chi connectivity index (χ3v) is 7.12. The van der Waals surface area contributed by atoms with E-state index in [0.717, 1.165) is 36.1 Å². The fraction of sp³-hybridized carbons (Fsp3) is 0.370. The Morgan fingerprint density at radius 2 is 1.88 bits per heavy atom. The number of methoxy groups -OCH3 is 1. The lowest BCUT2D eigenvalue weighted by molar-refractivity contribution is -0.141. The number of ether oxygens (including phenoxy) is 1. The van der Waals surface area contributed by atoms with Crippen molar-refractivity contribution in [3.05, 3.63) is 82.3 Å². The summed E-state index contributed by atoms with van der Waals surface area (Å²) < 4.78 is 5.55. The van der Waals surface area contributed by atoms with Crippen LogP contribution in [0.3, 0.4) is 0 Å². The molecule has 1 saturated carbocycles. The number of thiophene rings is 1. The molecule has 2 amide bonds. The van der Waals surface area contributed by atoms with Gasteiger partial charge in [0.2, 0.25) is 11.8 Å². The molecule has 3 aromatic rings. The zero-order valence-corrected chi connectivity index (χ0v) is 20.3. The molecule has 1 fully saturated rings. The average Bonchev–Trinajstić information content (AvgIpc) is 3.38. The summed E-state index contributed by atoms with van der Waals surface area (Å²) >= 11 is 1.54. The Balaban J connectivity index is 1.69. The zero-order valence-electron chi connectivity index (χ0n) is 19.5. The van der Waals surface area contributed by atoms with Crippen LogP contribution in [0.15, 0.2) is 66.2 Å². The lowest BCUT2D eigenvalue weighted by Gasteiger charge is -2.33. The van der Waals surface area contributed by atoms with Crippen molar-refractivity contribution in [3.63, 3.8) is 0 Å². The molecular formula is C27H31N3O3S. The van der Waals surface area contributed by atoms with Gasteiger partial charge in [-0.05, 0) is 42.5 Å². The van der Waals surface area contributed by atoms with Gasteiger partial charge in [-0.3, -0.25) is 14.6 Å². The van der Waals surface area contributed by atoms with Crippen LogP contribution < -0.4 is 10.1 Å². The normalized spacial score (nSPS) is 14.9. The van der Waals surface area contributed by atoms with E-state index in [0.29, 0.717) is 11.4 Å². The summed E-state index contributed by atoms with van der Waals surface area (Å²) in [5, 5.41) is 5.18. The Labute approximate surface area is 205 Å². The van der Waals surface area contributed by atoms with E-state index < -0.39 is 6.04 Å². The third kappa shape index (κ3) is 6.03. The number of carbonyl (C=O) groups excluding carboxylic acids is 2. The predicted octanol–water partition coefficient (Wildman–Crippen LogP) is 4.91. The quantitative estimate of drug-likeness (QED) is 0.475.